The second-order valence-corrected chi connectivity index (χ2v) is 5.80. The van der Waals surface area contributed by atoms with E-state index in [4.69, 9.17) is 4.52 Å². The van der Waals surface area contributed by atoms with Crippen LogP contribution in [0.25, 0.3) is 0 Å². The van der Waals surface area contributed by atoms with E-state index in [9.17, 15) is 0 Å². The molecule has 1 aliphatic heterocycles. The lowest BCUT2D eigenvalue weighted by Gasteiger charge is -2.31. The Bertz CT molecular complexity index is 391. The van der Waals surface area contributed by atoms with Gasteiger partial charge < -0.3 is 14.7 Å². The zero-order valence-corrected chi connectivity index (χ0v) is 11.2. The molecule has 0 spiro atoms. The third kappa shape index (κ3) is 2.66. The van der Waals surface area contributed by atoms with Crippen molar-refractivity contribution < 1.29 is 4.52 Å². The van der Waals surface area contributed by atoms with Crippen molar-refractivity contribution in [1.82, 2.24) is 15.0 Å². The van der Waals surface area contributed by atoms with Crippen LogP contribution in [0, 0.1) is 0 Å². The zero-order valence-electron chi connectivity index (χ0n) is 11.2. The Hall–Kier alpha value is -1.10. The normalized spacial score (nSPS) is 22.6. The molecule has 0 bridgehead atoms. The number of anilines is 1. The van der Waals surface area contributed by atoms with Gasteiger partial charge in [-0.1, -0.05) is 19.0 Å². The summed E-state index contributed by atoms with van der Waals surface area (Å²) in [5, 5.41) is 7.34. The molecule has 2 heterocycles. The summed E-state index contributed by atoms with van der Waals surface area (Å²) in [7, 11) is 0. The number of nitrogens with zero attached hydrogens (tertiary/aromatic N) is 3. The van der Waals surface area contributed by atoms with Crippen LogP contribution < -0.4 is 5.32 Å². The van der Waals surface area contributed by atoms with E-state index in [1.165, 1.54) is 38.8 Å². The lowest BCUT2D eigenvalue weighted by atomic mass is 10.1. The molecule has 0 unspecified atom stereocenters. The summed E-state index contributed by atoms with van der Waals surface area (Å²) in [5.74, 6) is 1.11. The second kappa shape index (κ2) is 4.88. The highest BCUT2D eigenvalue weighted by Crippen LogP contribution is 2.29. The van der Waals surface area contributed by atoms with Gasteiger partial charge in [0.2, 0.25) is 0 Å². The van der Waals surface area contributed by atoms with Crippen molar-refractivity contribution in [3.8, 4) is 0 Å². The van der Waals surface area contributed by atoms with Gasteiger partial charge >= 0.3 is 6.01 Å². The molecular formula is C13H22N4O. The summed E-state index contributed by atoms with van der Waals surface area (Å²) in [6, 6.07) is 1.96. The third-order valence-electron chi connectivity index (χ3n) is 3.88. The van der Waals surface area contributed by atoms with Crippen LogP contribution in [0.4, 0.5) is 6.01 Å². The Labute approximate surface area is 108 Å². The molecular weight excluding hydrogens is 228 g/mol. The molecule has 18 heavy (non-hydrogen) atoms. The maximum absolute atomic E-state index is 5.23. The quantitative estimate of drug-likeness (QED) is 0.888. The number of nitrogens with one attached hydrogen (secondary N) is 1. The van der Waals surface area contributed by atoms with Crippen LogP contribution in [0.1, 0.15) is 51.3 Å². The molecule has 5 heteroatoms. The van der Waals surface area contributed by atoms with Crippen LogP contribution in [0.15, 0.2) is 4.52 Å². The average Bonchev–Trinajstić information content (AvgIpc) is 3.10. The standard InChI is InChI=1S/C13H22N4O/c1-9(2)12-15-13(18-16-12)14-10-5-7-17(8-6-10)11-3-4-11/h9-11H,3-8H2,1-2H3,(H,14,15,16). The lowest BCUT2D eigenvalue weighted by Crippen LogP contribution is -2.40. The predicted octanol–water partition coefficient (Wildman–Crippen LogP) is 2.23. The SMILES string of the molecule is CC(C)c1noc(NC2CCN(C3CC3)CC2)n1. The summed E-state index contributed by atoms with van der Waals surface area (Å²) in [4.78, 5) is 6.98. The van der Waals surface area contributed by atoms with Gasteiger partial charge in [0.25, 0.3) is 0 Å². The van der Waals surface area contributed by atoms with Crippen molar-refractivity contribution in [2.24, 2.45) is 0 Å². The van der Waals surface area contributed by atoms with Crippen LogP contribution in [0.3, 0.4) is 0 Å². The number of piperidine rings is 1. The monoisotopic (exact) mass is 250 g/mol. The molecule has 5 nitrogen and oxygen atoms in total. The molecule has 1 aliphatic carbocycles. The highest BCUT2D eigenvalue weighted by Gasteiger charge is 2.32. The van der Waals surface area contributed by atoms with E-state index in [1.54, 1.807) is 0 Å². The maximum atomic E-state index is 5.23. The summed E-state index contributed by atoms with van der Waals surface area (Å²) in [6.45, 7) is 6.55. The minimum Gasteiger partial charge on any atom is -0.335 e. The van der Waals surface area contributed by atoms with Crippen molar-refractivity contribution in [2.75, 3.05) is 18.4 Å². The van der Waals surface area contributed by atoms with Crippen LogP contribution in [0.2, 0.25) is 0 Å². The van der Waals surface area contributed by atoms with E-state index in [0.29, 0.717) is 18.0 Å². The molecule has 1 aromatic heterocycles. The van der Waals surface area contributed by atoms with Crippen molar-refractivity contribution in [3.05, 3.63) is 5.82 Å². The Balaban J connectivity index is 1.50. The van der Waals surface area contributed by atoms with Gasteiger partial charge in [-0.05, 0) is 25.7 Å². The predicted molar refractivity (Wildman–Crippen MR) is 69.6 cm³/mol. The Morgan fingerprint density at radius 3 is 2.50 bits per heavy atom. The van der Waals surface area contributed by atoms with Crippen LogP contribution in [-0.2, 0) is 0 Å². The summed E-state index contributed by atoms with van der Waals surface area (Å²) in [6.07, 6.45) is 5.16. The molecule has 1 saturated carbocycles. The van der Waals surface area contributed by atoms with Crippen molar-refractivity contribution >= 4 is 6.01 Å². The first kappa shape index (κ1) is 12.0. The molecule has 0 radical (unpaired) electrons. The van der Waals surface area contributed by atoms with Crippen molar-refractivity contribution in [1.29, 1.82) is 0 Å². The van der Waals surface area contributed by atoms with Gasteiger partial charge in [0.05, 0.1) is 0 Å². The number of hydrogen-bond acceptors (Lipinski definition) is 5. The molecule has 3 rings (SSSR count). The number of rotatable bonds is 4. The fourth-order valence-electron chi connectivity index (χ4n) is 2.55. The minimum atomic E-state index is 0.320. The van der Waals surface area contributed by atoms with Crippen LogP contribution in [0.5, 0.6) is 0 Å². The van der Waals surface area contributed by atoms with E-state index >= 15 is 0 Å². The van der Waals surface area contributed by atoms with Gasteiger partial charge in [0, 0.05) is 31.1 Å². The van der Waals surface area contributed by atoms with Gasteiger partial charge in [-0.2, -0.15) is 4.98 Å². The topological polar surface area (TPSA) is 54.2 Å². The molecule has 1 aromatic rings. The molecule has 2 aliphatic rings. The van der Waals surface area contributed by atoms with Gasteiger partial charge in [0.15, 0.2) is 5.82 Å². The number of hydrogen-bond donors (Lipinski definition) is 1. The molecule has 0 amide bonds. The molecule has 1 N–H and O–H groups in total. The first-order chi connectivity index (χ1) is 8.72. The highest BCUT2D eigenvalue weighted by molar-refractivity contribution is 5.21. The second-order valence-electron chi connectivity index (χ2n) is 5.80. The smallest absolute Gasteiger partial charge is 0.321 e. The Morgan fingerprint density at radius 1 is 1.22 bits per heavy atom. The van der Waals surface area contributed by atoms with E-state index in [0.717, 1.165) is 11.9 Å². The first-order valence-corrected chi connectivity index (χ1v) is 7.06. The van der Waals surface area contributed by atoms with Crippen molar-refractivity contribution in [3.63, 3.8) is 0 Å². The highest BCUT2D eigenvalue weighted by atomic mass is 16.5. The summed E-state index contributed by atoms with van der Waals surface area (Å²) < 4.78 is 5.23. The van der Waals surface area contributed by atoms with Crippen LogP contribution in [-0.4, -0.2) is 40.2 Å². The fraction of sp³-hybridized carbons (Fsp3) is 0.846. The average molecular weight is 250 g/mol. The van der Waals surface area contributed by atoms with E-state index in [2.05, 4.69) is 34.2 Å². The Morgan fingerprint density at radius 2 is 1.94 bits per heavy atom. The van der Waals surface area contributed by atoms with Crippen molar-refractivity contribution in [2.45, 2.75) is 57.5 Å². The minimum absolute atomic E-state index is 0.320. The fourth-order valence-corrected chi connectivity index (χ4v) is 2.55. The summed E-state index contributed by atoms with van der Waals surface area (Å²) in [5.41, 5.74) is 0. The van der Waals surface area contributed by atoms with E-state index in [1.807, 2.05) is 0 Å². The van der Waals surface area contributed by atoms with Gasteiger partial charge in [-0.25, -0.2) is 0 Å². The van der Waals surface area contributed by atoms with Gasteiger partial charge in [-0.15, -0.1) is 0 Å². The molecule has 0 aromatic carbocycles. The van der Waals surface area contributed by atoms with E-state index < -0.39 is 0 Å². The lowest BCUT2D eigenvalue weighted by molar-refractivity contribution is 0.208. The van der Waals surface area contributed by atoms with Gasteiger partial charge in [0.1, 0.15) is 0 Å². The largest absolute Gasteiger partial charge is 0.335 e. The molecule has 2 fully saturated rings. The number of aromatic nitrogens is 2. The van der Waals surface area contributed by atoms with E-state index in [-0.39, 0.29) is 0 Å². The maximum Gasteiger partial charge on any atom is 0.321 e. The summed E-state index contributed by atoms with van der Waals surface area (Å²) >= 11 is 0. The zero-order chi connectivity index (χ0) is 12.5. The third-order valence-corrected chi connectivity index (χ3v) is 3.88. The molecule has 0 atom stereocenters. The Kier molecular flexibility index (Phi) is 3.24. The van der Waals surface area contributed by atoms with Gasteiger partial charge in [-0.3, -0.25) is 0 Å². The van der Waals surface area contributed by atoms with Crippen LogP contribution >= 0.6 is 0 Å². The molecule has 1 saturated heterocycles. The number of likely N-dealkylation sites (tertiary alicyclic amines) is 1. The first-order valence-electron chi connectivity index (χ1n) is 7.06. The molecule has 100 valence electrons.